The van der Waals surface area contributed by atoms with Crippen molar-refractivity contribution in [2.45, 2.75) is 24.7 Å². The lowest BCUT2D eigenvalue weighted by Gasteiger charge is -2.08. The summed E-state index contributed by atoms with van der Waals surface area (Å²) in [6.07, 6.45) is 4.72. The molecule has 5 heteroatoms. The summed E-state index contributed by atoms with van der Waals surface area (Å²) in [6.45, 7) is 2.08. The summed E-state index contributed by atoms with van der Waals surface area (Å²) in [4.78, 5) is 1.33. The van der Waals surface area contributed by atoms with Crippen molar-refractivity contribution >= 4 is 21.4 Å². The van der Waals surface area contributed by atoms with Crippen LogP contribution in [0.1, 0.15) is 16.0 Å². The van der Waals surface area contributed by atoms with E-state index in [1.54, 1.807) is 30.6 Å². The molecule has 0 saturated carbocycles. The number of benzene rings is 1. The lowest BCUT2D eigenvalue weighted by molar-refractivity contribution is 0.587. The summed E-state index contributed by atoms with van der Waals surface area (Å²) in [5.41, 5.74) is 2.51. The lowest BCUT2D eigenvalue weighted by atomic mass is 10.0. The molecule has 0 amide bonds. The minimum atomic E-state index is -3.47. The molecule has 3 aromatic rings. The SMILES string of the molecule is Cc1ccccc1CCc1sccc1S(=O)(=O)n1cccc1. The van der Waals surface area contributed by atoms with Gasteiger partial charge in [-0.3, -0.25) is 0 Å². The average Bonchev–Trinajstić information content (AvgIpc) is 3.18. The van der Waals surface area contributed by atoms with E-state index in [0.717, 1.165) is 17.7 Å². The third kappa shape index (κ3) is 2.87. The number of hydrogen-bond donors (Lipinski definition) is 0. The van der Waals surface area contributed by atoms with E-state index >= 15 is 0 Å². The second kappa shape index (κ2) is 6.10. The molecule has 0 spiro atoms. The molecule has 0 aliphatic heterocycles. The summed E-state index contributed by atoms with van der Waals surface area (Å²) >= 11 is 1.51. The normalized spacial score (nSPS) is 11.7. The van der Waals surface area contributed by atoms with Crippen LogP contribution in [0.5, 0.6) is 0 Å². The van der Waals surface area contributed by atoms with Crippen molar-refractivity contribution in [2.24, 2.45) is 0 Å². The van der Waals surface area contributed by atoms with Crippen molar-refractivity contribution in [1.82, 2.24) is 3.97 Å². The van der Waals surface area contributed by atoms with Gasteiger partial charge in [0.15, 0.2) is 0 Å². The molecule has 0 unspecified atom stereocenters. The fourth-order valence-corrected chi connectivity index (χ4v) is 5.11. The van der Waals surface area contributed by atoms with Gasteiger partial charge in [0.25, 0.3) is 10.0 Å². The summed E-state index contributed by atoms with van der Waals surface area (Å²) in [5, 5.41) is 1.85. The Morgan fingerprint density at radius 1 is 1.00 bits per heavy atom. The van der Waals surface area contributed by atoms with Crippen LogP contribution in [0.15, 0.2) is 65.1 Å². The van der Waals surface area contributed by atoms with Crippen LogP contribution in [0.2, 0.25) is 0 Å². The molecule has 3 nitrogen and oxygen atoms in total. The van der Waals surface area contributed by atoms with Gasteiger partial charge in [-0.05, 0) is 54.5 Å². The van der Waals surface area contributed by atoms with Gasteiger partial charge in [-0.1, -0.05) is 24.3 Å². The van der Waals surface area contributed by atoms with Gasteiger partial charge < -0.3 is 0 Å². The Morgan fingerprint density at radius 3 is 2.45 bits per heavy atom. The van der Waals surface area contributed by atoms with Crippen LogP contribution in [-0.4, -0.2) is 12.4 Å². The fourth-order valence-electron chi connectivity index (χ4n) is 2.47. The molecule has 0 radical (unpaired) electrons. The first-order valence-corrected chi connectivity index (χ1v) is 9.40. The molecule has 0 atom stereocenters. The molecule has 3 rings (SSSR count). The van der Waals surface area contributed by atoms with E-state index in [1.807, 2.05) is 17.5 Å². The molecule has 0 aliphatic carbocycles. The molecular weight excluding hydrogens is 314 g/mol. The Bertz CT molecular complexity index is 862. The highest BCUT2D eigenvalue weighted by molar-refractivity contribution is 7.90. The van der Waals surface area contributed by atoms with Gasteiger partial charge in [0.05, 0.1) is 0 Å². The monoisotopic (exact) mass is 331 g/mol. The molecule has 2 aromatic heterocycles. The van der Waals surface area contributed by atoms with Crippen LogP contribution in [0.3, 0.4) is 0 Å². The van der Waals surface area contributed by atoms with Crippen molar-refractivity contribution in [3.8, 4) is 0 Å². The van der Waals surface area contributed by atoms with Crippen LogP contribution in [0.25, 0.3) is 0 Å². The molecule has 0 bridgehead atoms. The van der Waals surface area contributed by atoms with Crippen molar-refractivity contribution in [3.05, 3.63) is 76.2 Å². The van der Waals surface area contributed by atoms with Gasteiger partial charge >= 0.3 is 0 Å². The molecule has 0 saturated heterocycles. The van der Waals surface area contributed by atoms with Crippen LogP contribution in [0.4, 0.5) is 0 Å². The summed E-state index contributed by atoms with van der Waals surface area (Å²) in [6, 6.07) is 13.4. The predicted octanol–water partition coefficient (Wildman–Crippen LogP) is 3.88. The first-order chi connectivity index (χ1) is 10.6. The van der Waals surface area contributed by atoms with E-state index in [2.05, 4.69) is 19.1 Å². The molecule has 2 heterocycles. The minimum absolute atomic E-state index is 0.419. The van der Waals surface area contributed by atoms with Crippen molar-refractivity contribution in [2.75, 3.05) is 0 Å². The third-order valence-electron chi connectivity index (χ3n) is 3.72. The van der Waals surface area contributed by atoms with Gasteiger partial charge in [-0.2, -0.15) is 0 Å². The zero-order valence-corrected chi connectivity index (χ0v) is 13.9. The molecule has 1 aromatic carbocycles. The molecule has 0 fully saturated rings. The largest absolute Gasteiger partial charge is 0.268 e. The maximum atomic E-state index is 12.6. The van der Waals surface area contributed by atoms with Gasteiger partial charge in [0, 0.05) is 17.3 Å². The maximum Gasteiger partial charge on any atom is 0.268 e. The standard InChI is InChI=1S/C17H17NO2S2/c1-14-6-2-3-7-15(14)8-9-16-17(10-13-21-16)22(19,20)18-11-4-5-12-18/h2-7,10-13H,8-9H2,1H3. The Hall–Kier alpha value is -1.85. The highest BCUT2D eigenvalue weighted by Crippen LogP contribution is 2.26. The number of aromatic nitrogens is 1. The molecule has 22 heavy (non-hydrogen) atoms. The van der Waals surface area contributed by atoms with Crippen LogP contribution < -0.4 is 0 Å². The zero-order valence-electron chi connectivity index (χ0n) is 12.3. The van der Waals surface area contributed by atoms with Gasteiger partial charge in [0.2, 0.25) is 0 Å². The van der Waals surface area contributed by atoms with E-state index in [9.17, 15) is 8.42 Å². The predicted molar refractivity (Wildman–Crippen MR) is 89.9 cm³/mol. The summed E-state index contributed by atoms with van der Waals surface area (Å²) in [7, 11) is -3.47. The summed E-state index contributed by atoms with van der Waals surface area (Å²) in [5.74, 6) is 0. The van der Waals surface area contributed by atoms with Crippen LogP contribution in [0, 0.1) is 6.92 Å². The Labute approximate surface area is 134 Å². The number of aryl methyl sites for hydroxylation is 3. The highest BCUT2D eigenvalue weighted by atomic mass is 32.2. The zero-order chi connectivity index (χ0) is 15.6. The van der Waals surface area contributed by atoms with E-state index in [1.165, 1.54) is 26.4 Å². The van der Waals surface area contributed by atoms with E-state index in [0.29, 0.717) is 4.90 Å². The van der Waals surface area contributed by atoms with Gasteiger partial charge in [-0.25, -0.2) is 12.4 Å². The first-order valence-electron chi connectivity index (χ1n) is 7.08. The van der Waals surface area contributed by atoms with E-state index in [-0.39, 0.29) is 0 Å². The topological polar surface area (TPSA) is 39.1 Å². The Balaban J connectivity index is 1.86. The second-order valence-corrected chi connectivity index (χ2v) is 7.96. The number of nitrogens with zero attached hydrogens (tertiary/aromatic N) is 1. The Morgan fingerprint density at radius 2 is 1.73 bits per heavy atom. The average molecular weight is 331 g/mol. The molecule has 114 valence electrons. The minimum Gasteiger partial charge on any atom is -0.249 e. The number of hydrogen-bond acceptors (Lipinski definition) is 3. The molecular formula is C17H17NO2S2. The van der Waals surface area contributed by atoms with Crippen LogP contribution >= 0.6 is 11.3 Å². The molecule has 0 aliphatic rings. The smallest absolute Gasteiger partial charge is 0.249 e. The van der Waals surface area contributed by atoms with Crippen molar-refractivity contribution < 1.29 is 8.42 Å². The van der Waals surface area contributed by atoms with E-state index < -0.39 is 10.0 Å². The fraction of sp³-hybridized carbons (Fsp3) is 0.176. The maximum absolute atomic E-state index is 12.6. The number of rotatable bonds is 5. The lowest BCUT2D eigenvalue weighted by Crippen LogP contribution is -2.11. The number of thiophene rings is 1. The van der Waals surface area contributed by atoms with E-state index in [4.69, 9.17) is 0 Å². The third-order valence-corrected chi connectivity index (χ3v) is 6.57. The quantitative estimate of drug-likeness (QED) is 0.712. The van der Waals surface area contributed by atoms with Crippen LogP contribution in [-0.2, 0) is 22.9 Å². The van der Waals surface area contributed by atoms with Crippen molar-refractivity contribution in [1.29, 1.82) is 0 Å². The second-order valence-electron chi connectivity index (χ2n) is 5.15. The van der Waals surface area contributed by atoms with Gasteiger partial charge in [-0.15, -0.1) is 11.3 Å². The van der Waals surface area contributed by atoms with Gasteiger partial charge in [0.1, 0.15) is 4.90 Å². The Kier molecular flexibility index (Phi) is 4.18. The highest BCUT2D eigenvalue weighted by Gasteiger charge is 2.20. The summed E-state index contributed by atoms with van der Waals surface area (Å²) < 4.78 is 26.5. The molecule has 0 N–H and O–H groups in total. The van der Waals surface area contributed by atoms with Crippen molar-refractivity contribution in [3.63, 3.8) is 0 Å². The first kappa shape index (κ1) is 15.1.